The lowest BCUT2D eigenvalue weighted by Crippen LogP contribution is -2.64. The van der Waals surface area contributed by atoms with Gasteiger partial charge in [-0.1, -0.05) is 63.3 Å². The van der Waals surface area contributed by atoms with Crippen molar-refractivity contribution in [3.8, 4) is 11.1 Å². The van der Waals surface area contributed by atoms with Crippen LogP contribution in [0.15, 0.2) is 79.0 Å². The molecule has 96 heavy (non-hydrogen) atoms. The minimum atomic E-state index is -1.01. The largest absolute Gasteiger partial charge is 0.390 e. The molecule has 2 aromatic carbocycles. The van der Waals surface area contributed by atoms with Gasteiger partial charge in [0.25, 0.3) is 11.8 Å². The summed E-state index contributed by atoms with van der Waals surface area (Å²) in [6.07, 6.45) is 15.4. The van der Waals surface area contributed by atoms with Gasteiger partial charge in [0.2, 0.25) is 17.7 Å². The van der Waals surface area contributed by atoms with Gasteiger partial charge in [0.15, 0.2) is 16.8 Å². The number of hydrogen-bond acceptors (Lipinski definition) is 17. The summed E-state index contributed by atoms with van der Waals surface area (Å²) < 4.78 is 17.2. The lowest BCUT2D eigenvalue weighted by molar-refractivity contribution is -0.930. The first-order valence-electron chi connectivity index (χ1n) is 34.1. The molecule has 8 N–H and O–H groups in total. The second-order valence-electron chi connectivity index (χ2n) is 29.1. The number of nitrogens with one attached hydrogen (secondary N) is 5. The van der Waals surface area contributed by atoms with E-state index in [1.807, 2.05) is 42.6 Å². The monoisotopic (exact) mass is 1330 g/mol. The molecule has 4 aromatic heterocycles. The zero-order chi connectivity index (χ0) is 67.6. The Morgan fingerprint density at radius 1 is 0.833 bits per heavy atom. The van der Waals surface area contributed by atoms with Crippen LogP contribution in [-0.4, -0.2) is 157 Å². The fraction of sp³-hybridized carbons (Fsp3) is 0.535. The lowest BCUT2D eigenvalue weighted by atomic mass is 9.39. The zero-order valence-electron chi connectivity index (χ0n) is 56.1. The average molecular weight is 1330 g/mol. The number of benzene rings is 2. The molecule has 7 amide bonds. The second-order valence-corrected chi connectivity index (χ2v) is 30.1. The van der Waals surface area contributed by atoms with E-state index < -0.39 is 47.7 Å². The normalized spacial score (nSPS) is 23.0. The summed E-state index contributed by atoms with van der Waals surface area (Å²) in [5.41, 5.74) is 13.6. The third-order valence-corrected chi connectivity index (χ3v) is 21.7. The molecule has 13 rings (SSSR count). The maximum absolute atomic E-state index is 14.0. The summed E-state index contributed by atoms with van der Waals surface area (Å²) in [5.74, 6) is -0.413. The van der Waals surface area contributed by atoms with E-state index in [0.29, 0.717) is 30.2 Å². The van der Waals surface area contributed by atoms with Crippen molar-refractivity contribution in [3.05, 3.63) is 107 Å². The fourth-order valence-corrected chi connectivity index (χ4v) is 18.3. The standard InChI is InChI=1S/C71H91N15O9S/c1-45(2)61(79-58(88)25-32-94-33-28-84-59(89)23-24-60(84)90)65(92)77-54(15-11-26-73-66(72)93)64(91)75-49-19-17-48(18-20-49)36-86(29-9-10-30-86)31-34-95-71-41-68(5)38-69(6,42-71)40-70(39-68,43-71)44-85-47(4)52(35-74-85)51-21-22-57(76-55(51)37-87)83-27-12-13-50-46(3)62(81-82-63(50)83)80-67-78-53-14-7-8-16-56(53)96-67/h7-8,14,16-24,35,45,54,61,87H,9-13,15,25-34,36-44H2,1-6H3,(H6-,72,73,75,77,78,79,80,81,88,91,92,93)/p+1/t54-,61-,68-,69+,70?,71?/m0/s1. The number of likely N-dealkylation sites (tertiary alicyclic amines) is 1. The minimum absolute atomic E-state index is 0.000570. The molecule has 6 atom stereocenters. The van der Waals surface area contributed by atoms with Gasteiger partial charge in [-0.2, -0.15) is 5.10 Å². The molecule has 0 spiro atoms. The number of fused-ring (bicyclic) bond motifs is 2. The highest BCUT2D eigenvalue weighted by molar-refractivity contribution is 7.22. The molecule has 0 radical (unpaired) electrons. The number of aromatic nitrogens is 6. The van der Waals surface area contributed by atoms with E-state index in [1.165, 1.54) is 18.6 Å². The number of amides is 7. The molecule has 24 nitrogen and oxygen atoms in total. The summed E-state index contributed by atoms with van der Waals surface area (Å²) in [6, 6.07) is 17.4. The van der Waals surface area contributed by atoms with Gasteiger partial charge in [-0.25, -0.2) is 14.8 Å². The number of ether oxygens (including phenoxy) is 2. The number of anilines is 5. The number of hydrogen-bond donors (Lipinski definition) is 7. The molecule has 6 aromatic rings. The van der Waals surface area contributed by atoms with E-state index in [9.17, 15) is 33.9 Å². The smallest absolute Gasteiger partial charge is 0.312 e. The Morgan fingerprint density at radius 2 is 1.58 bits per heavy atom. The summed E-state index contributed by atoms with van der Waals surface area (Å²) >= 11 is 1.59. The Bertz CT molecular complexity index is 3870. The van der Waals surface area contributed by atoms with Crippen LogP contribution in [0.4, 0.5) is 33.1 Å². The molecule has 2 unspecified atom stereocenters. The van der Waals surface area contributed by atoms with Crippen LogP contribution in [-0.2, 0) is 59.6 Å². The molecular weight excluding hydrogens is 1240 g/mol. The third-order valence-electron chi connectivity index (χ3n) is 20.8. The van der Waals surface area contributed by atoms with E-state index >= 15 is 0 Å². The number of nitrogens with two attached hydrogens (primary N) is 1. The summed E-state index contributed by atoms with van der Waals surface area (Å²) in [7, 11) is 0. The van der Waals surface area contributed by atoms with Crippen LogP contribution < -0.4 is 37.2 Å². The molecule has 4 aliphatic carbocycles. The van der Waals surface area contributed by atoms with Crippen molar-refractivity contribution < 1.29 is 47.8 Å². The predicted molar refractivity (Wildman–Crippen MR) is 366 cm³/mol. The van der Waals surface area contributed by atoms with E-state index in [-0.39, 0.29) is 73.5 Å². The maximum Gasteiger partial charge on any atom is 0.312 e. The van der Waals surface area contributed by atoms with Gasteiger partial charge in [-0.15, -0.1) is 10.2 Å². The summed E-state index contributed by atoms with van der Waals surface area (Å²) in [4.78, 5) is 89.1. The van der Waals surface area contributed by atoms with Crippen LogP contribution in [0.25, 0.3) is 21.3 Å². The zero-order valence-corrected chi connectivity index (χ0v) is 57.0. The molecule has 1 saturated heterocycles. The fourth-order valence-electron chi connectivity index (χ4n) is 17.4. The number of nitrogens with zero attached hydrogens (tertiary/aromatic N) is 9. The van der Waals surface area contributed by atoms with E-state index in [1.54, 1.807) is 25.2 Å². The Morgan fingerprint density at radius 3 is 2.30 bits per heavy atom. The Kier molecular flexibility index (Phi) is 19.8. The summed E-state index contributed by atoms with van der Waals surface area (Å²) in [5, 5.41) is 40.9. The first-order valence-corrected chi connectivity index (χ1v) is 34.9. The SMILES string of the molecule is Cc1c(Nc2nc3ccccc3s2)nnc2c1CCCN2c1ccc(-c2cnn(CC34CC5(OCC[N+]6(Cc7ccc(NC(=O)[C@H](CCCNC(N)=O)NC(=O)[C@@H](NC(=O)CCOCCN8C(=O)C=CC8=O)C(C)C)cc7)CCCC6)C[C@](C)(C3)C[C@](C)(C4)C5)c2C)c(CO)n1. The van der Waals surface area contributed by atoms with Crippen molar-refractivity contribution in [2.75, 3.05) is 74.6 Å². The molecule has 5 fully saturated rings. The van der Waals surface area contributed by atoms with Crippen LogP contribution in [0.1, 0.15) is 133 Å². The Labute approximate surface area is 564 Å². The summed E-state index contributed by atoms with van der Waals surface area (Å²) in [6.45, 7) is 18.9. The topological polar surface area (TPSA) is 303 Å². The number of aliphatic hydroxyl groups excluding tert-OH is 1. The number of urea groups is 1. The predicted octanol–water partition coefficient (Wildman–Crippen LogP) is 8.57. The molecular formula is C71H92N15O9S+. The lowest BCUT2D eigenvalue weighted by Gasteiger charge is -2.69. The van der Waals surface area contributed by atoms with Gasteiger partial charge in [-0.3, -0.25) is 33.6 Å². The van der Waals surface area contributed by atoms with Gasteiger partial charge in [0.1, 0.15) is 31.0 Å². The molecule has 4 saturated carbocycles. The van der Waals surface area contributed by atoms with E-state index in [4.69, 9.17) is 35.4 Å². The highest BCUT2D eigenvalue weighted by Crippen LogP contribution is 2.72. The minimum Gasteiger partial charge on any atom is -0.390 e. The Hall–Kier alpha value is -8.23. The number of para-hydroxylation sites is 1. The first-order chi connectivity index (χ1) is 46.0. The second kappa shape index (κ2) is 28.1. The van der Waals surface area contributed by atoms with Crippen LogP contribution in [0.2, 0.25) is 0 Å². The van der Waals surface area contributed by atoms with E-state index in [0.717, 1.165) is 167 Å². The van der Waals surface area contributed by atoms with Gasteiger partial charge in [-0.05, 0) is 137 Å². The number of pyridine rings is 1. The van der Waals surface area contributed by atoms with Crippen LogP contribution >= 0.6 is 11.3 Å². The van der Waals surface area contributed by atoms with E-state index in [2.05, 4.69) is 93.2 Å². The van der Waals surface area contributed by atoms with Crippen LogP contribution in [0.3, 0.4) is 0 Å². The van der Waals surface area contributed by atoms with Crippen LogP contribution in [0.5, 0.6) is 0 Å². The number of carbonyl (C=O) groups is 6. The van der Waals surface area contributed by atoms with Crippen molar-refractivity contribution in [2.45, 2.75) is 162 Å². The molecule has 7 aliphatic rings. The molecule has 7 heterocycles. The maximum atomic E-state index is 14.0. The third kappa shape index (κ3) is 15.0. The van der Waals surface area contributed by atoms with Crippen molar-refractivity contribution >= 4 is 85.4 Å². The molecule has 3 aliphatic heterocycles. The number of quaternary nitrogens is 1. The number of carbonyl (C=O) groups excluding carboxylic acids is 6. The van der Waals surface area contributed by atoms with Gasteiger partial charge < -0.3 is 56.3 Å². The highest BCUT2D eigenvalue weighted by Gasteiger charge is 2.66. The molecule has 4 bridgehead atoms. The number of primary amides is 1. The molecule has 25 heteroatoms. The van der Waals surface area contributed by atoms with Gasteiger partial charge in [0.05, 0.1) is 73.8 Å². The molecule has 510 valence electrons. The van der Waals surface area contributed by atoms with Crippen LogP contribution in [0, 0.1) is 36.0 Å². The van der Waals surface area contributed by atoms with Crippen molar-refractivity contribution in [1.82, 2.24) is 50.8 Å². The quantitative estimate of drug-likeness (QED) is 0.0131. The number of imide groups is 1. The number of thiazole rings is 1. The number of rotatable bonds is 29. The highest BCUT2D eigenvalue weighted by atomic mass is 32.1. The van der Waals surface area contributed by atoms with Crippen molar-refractivity contribution in [2.24, 2.45) is 27.9 Å². The van der Waals surface area contributed by atoms with Gasteiger partial charge >= 0.3 is 6.03 Å². The van der Waals surface area contributed by atoms with Gasteiger partial charge in [0, 0.05) is 90.2 Å². The van der Waals surface area contributed by atoms with Crippen molar-refractivity contribution in [3.63, 3.8) is 0 Å². The average Bonchev–Trinajstić information content (AvgIpc) is 0.728. The Balaban J connectivity index is 0.664. The first kappa shape index (κ1) is 67.7. The number of aliphatic hydroxyl groups is 1. The van der Waals surface area contributed by atoms with Crippen molar-refractivity contribution in [1.29, 1.82) is 0 Å².